The smallest absolute Gasteiger partial charge is 0.115 e. The Bertz CT molecular complexity index is 325. The molecule has 0 amide bonds. The molecule has 3 nitrogen and oxygen atoms in total. The topological polar surface area (TPSA) is 41.5 Å². The van der Waals surface area contributed by atoms with Crippen LogP contribution in [-0.4, -0.2) is 24.4 Å². The van der Waals surface area contributed by atoms with Gasteiger partial charge in [0.1, 0.15) is 5.75 Å². The Morgan fingerprint density at radius 3 is 2.53 bits per heavy atom. The summed E-state index contributed by atoms with van der Waals surface area (Å²) in [6.07, 6.45) is 0.151. The van der Waals surface area contributed by atoms with E-state index in [9.17, 15) is 5.11 Å². The Morgan fingerprint density at radius 2 is 2.00 bits per heavy atom. The number of ether oxygens (including phenoxy) is 1. The Labute approximate surface area is 91.1 Å². The van der Waals surface area contributed by atoms with Gasteiger partial charge in [0.05, 0.1) is 6.10 Å². The number of anilines is 1. The standard InChI is InChI=1S/C12H19NO2/c1-8-7-11(14)5-6-12(8)13-9(2)10(3)15-4/h5-7,9-10,13-14H,1-4H3. The summed E-state index contributed by atoms with van der Waals surface area (Å²) in [5.74, 6) is 0.297. The van der Waals surface area contributed by atoms with E-state index in [1.54, 1.807) is 19.2 Å². The molecule has 0 aliphatic rings. The van der Waals surface area contributed by atoms with Crippen LogP contribution in [-0.2, 0) is 4.74 Å². The van der Waals surface area contributed by atoms with Gasteiger partial charge < -0.3 is 15.2 Å². The van der Waals surface area contributed by atoms with Crippen LogP contribution in [0.4, 0.5) is 5.69 Å². The van der Waals surface area contributed by atoms with Crippen molar-refractivity contribution in [2.75, 3.05) is 12.4 Å². The molecule has 3 heteroatoms. The summed E-state index contributed by atoms with van der Waals surface area (Å²) in [5.41, 5.74) is 2.06. The van der Waals surface area contributed by atoms with Gasteiger partial charge in [0.25, 0.3) is 0 Å². The molecule has 84 valence electrons. The fourth-order valence-corrected chi connectivity index (χ4v) is 1.38. The second kappa shape index (κ2) is 5.03. The summed E-state index contributed by atoms with van der Waals surface area (Å²) >= 11 is 0. The molecule has 1 aromatic rings. The van der Waals surface area contributed by atoms with Crippen molar-refractivity contribution in [3.05, 3.63) is 23.8 Å². The van der Waals surface area contributed by atoms with Gasteiger partial charge in [-0.05, 0) is 44.5 Å². The Kier molecular flexibility index (Phi) is 3.97. The van der Waals surface area contributed by atoms with Gasteiger partial charge >= 0.3 is 0 Å². The van der Waals surface area contributed by atoms with E-state index in [4.69, 9.17) is 4.74 Å². The summed E-state index contributed by atoms with van der Waals surface area (Å²) < 4.78 is 5.24. The van der Waals surface area contributed by atoms with Crippen LogP contribution in [0.2, 0.25) is 0 Å². The average Bonchev–Trinajstić information content (AvgIpc) is 2.20. The molecule has 0 bridgehead atoms. The van der Waals surface area contributed by atoms with E-state index in [1.165, 1.54) is 0 Å². The van der Waals surface area contributed by atoms with E-state index in [0.29, 0.717) is 5.75 Å². The van der Waals surface area contributed by atoms with Crippen molar-refractivity contribution in [3.8, 4) is 5.75 Å². The zero-order valence-electron chi connectivity index (χ0n) is 9.74. The second-order valence-corrected chi connectivity index (χ2v) is 3.87. The van der Waals surface area contributed by atoms with Crippen molar-refractivity contribution in [3.63, 3.8) is 0 Å². The molecule has 0 heterocycles. The number of phenolic OH excluding ortho intramolecular Hbond substituents is 1. The average molecular weight is 209 g/mol. The first-order valence-corrected chi connectivity index (χ1v) is 5.13. The van der Waals surface area contributed by atoms with Crippen molar-refractivity contribution in [2.45, 2.75) is 32.9 Å². The number of methoxy groups -OCH3 is 1. The Morgan fingerprint density at radius 1 is 1.33 bits per heavy atom. The molecule has 0 fully saturated rings. The molecular weight excluding hydrogens is 190 g/mol. The number of hydrogen-bond acceptors (Lipinski definition) is 3. The summed E-state index contributed by atoms with van der Waals surface area (Å²) in [6, 6.07) is 5.54. The maximum absolute atomic E-state index is 9.27. The molecule has 0 saturated carbocycles. The molecule has 1 aromatic carbocycles. The lowest BCUT2D eigenvalue weighted by Gasteiger charge is -2.22. The van der Waals surface area contributed by atoms with Crippen LogP contribution in [0, 0.1) is 6.92 Å². The van der Waals surface area contributed by atoms with Crippen LogP contribution < -0.4 is 5.32 Å². The maximum atomic E-state index is 9.27. The molecule has 0 aliphatic heterocycles. The second-order valence-electron chi connectivity index (χ2n) is 3.87. The van der Waals surface area contributed by atoms with Crippen molar-refractivity contribution in [1.29, 1.82) is 0 Å². The predicted octanol–water partition coefficient (Wildman–Crippen LogP) is 2.54. The molecule has 0 aromatic heterocycles. The van der Waals surface area contributed by atoms with Crippen LogP contribution in [0.15, 0.2) is 18.2 Å². The first-order chi connectivity index (χ1) is 7.04. The SMILES string of the molecule is COC(C)C(C)Nc1ccc(O)cc1C. The van der Waals surface area contributed by atoms with E-state index in [-0.39, 0.29) is 12.1 Å². The highest BCUT2D eigenvalue weighted by Crippen LogP contribution is 2.21. The predicted molar refractivity (Wildman–Crippen MR) is 62.4 cm³/mol. The van der Waals surface area contributed by atoms with Crippen molar-refractivity contribution >= 4 is 5.69 Å². The van der Waals surface area contributed by atoms with Gasteiger partial charge in [-0.15, -0.1) is 0 Å². The zero-order valence-corrected chi connectivity index (χ0v) is 9.74. The highest BCUT2D eigenvalue weighted by Gasteiger charge is 2.11. The van der Waals surface area contributed by atoms with Gasteiger partial charge in [-0.2, -0.15) is 0 Å². The minimum absolute atomic E-state index is 0.151. The lowest BCUT2D eigenvalue weighted by atomic mass is 10.1. The number of phenols is 1. The maximum Gasteiger partial charge on any atom is 0.115 e. The van der Waals surface area contributed by atoms with E-state index < -0.39 is 0 Å². The number of benzene rings is 1. The minimum Gasteiger partial charge on any atom is -0.508 e. The molecule has 0 radical (unpaired) electrons. The first kappa shape index (κ1) is 11.9. The number of aromatic hydroxyl groups is 1. The van der Waals surface area contributed by atoms with Crippen LogP contribution in [0.25, 0.3) is 0 Å². The van der Waals surface area contributed by atoms with Crippen LogP contribution in [0.5, 0.6) is 5.75 Å². The lowest BCUT2D eigenvalue weighted by molar-refractivity contribution is 0.106. The summed E-state index contributed by atoms with van der Waals surface area (Å²) in [6.45, 7) is 6.06. The molecule has 0 spiro atoms. The molecule has 0 saturated heterocycles. The highest BCUT2D eigenvalue weighted by atomic mass is 16.5. The number of hydrogen-bond donors (Lipinski definition) is 2. The van der Waals surface area contributed by atoms with Crippen molar-refractivity contribution < 1.29 is 9.84 Å². The monoisotopic (exact) mass is 209 g/mol. The van der Waals surface area contributed by atoms with Crippen LogP contribution in [0.3, 0.4) is 0 Å². The first-order valence-electron chi connectivity index (χ1n) is 5.13. The quantitative estimate of drug-likeness (QED) is 0.749. The normalized spacial score (nSPS) is 14.7. The fourth-order valence-electron chi connectivity index (χ4n) is 1.38. The van der Waals surface area contributed by atoms with E-state index in [2.05, 4.69) is 12.2 Å². The third-order valence-corrected chi connectivity index (χ3v) is 2.67. The molecule has 2 N–H and O–H groups in total. The van der Waals surface area contributed by atoms with Gasteiger partial charge in [-0.3, -0.25) is 0 Å². The third kappa shape index (κ3) is 3.13. The highest BCUT2D eigenvalue weighted by molar-refractivity contribution is 5.53. The Balaban J connectivity index is 2.72. The summed E-state index contributed by atoms with van der Waals surface area (Å²) in [4.78, 5) is 0. The molecule has 1 rings (SSSR count). The molecule has 0 aliphatic carbocycles. The third-order valence-electron chi connectivity index (χ3n) is 2.67. The number of nitrogens with one attached hydrogen (secondary N) is 1. The summed E-state index contributed by atoms with van der Waals surface area (Å²) in [7, 11) is 1.70. The van der Waals surface area contributed by atoms with Crippen LogP contribution >= 0.6 is 0 Å². The van der Waals surface area contributed by atoms with E-state index in [0.717, 1.165) is 11.3 Å². The Hall–Kier alpha value is -1.22. The van der Waals surface area contributed by atoms with Crippen molar-refractivity contribution in [1.82, 2.24) is 0 Å². The van der Waals surface area contributed by atoms with E-state index >= 15 is 0 Å². The van der Waals surface area contributed by atoms with E-state index in [1.807, 2.05) is 19.9 Å². The van der Waals surface area contributed by atoms with Gasteiger partial charge in [-0.25, -0.2) is 0 Å². The van der Waals surface area contributed by atoms with Gasteiger partial charge in [0.15, 0.2) is 0 Å². The zero-order chi connectivity index (χ0) is 11.4. The fraction of sp³-hybridized carbons (Fsp3) is 0.500. The van der Waals surface area contributed by atoms with Crippen molar-refractivity contribution in [2.24, 2.45) is 0 Å². The summed E-state index contributed by atoms with van der Waals surface area (Å²) in [5, 5.41) is 12.6. The molecule has 2 atom stereocenters. The number of aryl methyl sites for hydroxylation is 1. The van der Waals surface area contributed by atoms with Gasteiger partial charge in [0.2, 0.25) is 0 Å². The van der Waals surface area contributed by atoms with Gasteiger partial charge in [-0.1, -0.05) is 0 Å². The lowest BCUT2D eigenvalue weighted by Crippen LogP contribution is -2.29. The minimum atomic E-state index is 0.151. The largest absolute Gasteiger partial charge is 0.508 e. The van der Waals surface area contributed by atoms with Crippen LogP contribution in [0.1, 0.15) is 19.4 Å². The molecular formula is C12H19NO2. The van der Waals surface area contributed by atoms with Gasteiger partial charge in [0, 0.05) is 18.8 Å². The molecule has 15 heavy (non-hydrogen) atoms. The molecule has 2 unspecified atom stereocenters. The number of rotatable bonds is 4.